The molecule has 164 valence electrons. The number of hydrogen-bond donors (Lipinski definition) is 0. The van der Waals surface area contributed by atoms with E-state index in [0.29, 0.717) is 5.75 Å². The van der Waals surface area contributed by atoms with Gasteiger partial charge in [-0.05, 0) is 35.4 Å². The fourth-order valence-electron chi connectivity index (χ4n) is 3.08. The van der Waals surface area contributed by atoms with Gasteiger partial charge in [0.25, 0.3) is 5.82 Å². The Hall–Kier alpha value is -4.21. The lowest BCUT2D eigenvalue weighted by atomic mass is 10.2. The van der Waals surface area contributed by atoms with Crippen LogP contribution in [0.5, 0.6) is 5.75 Å². The van der Waals surface area contributed by atoms with Crippen LogP contribution < -0.4 is 15.1 Å². The van der Waals surface area contributed by atoms with E-state index in [4.69, 9.17) is 14.3 Å². The van der Waals surface area contributed by atoms with E-state index in [-0.39, 0.29) is 36.0 Å². The molecular formula is C22H19FN4O5. The van der Waals surface area contributed by atoms with Crippen LogP contribution in [0.25, 0.3) is 11.2 Å². The van der Waals surface area contributed by atoms with E-state index in [1.165, 1.54) is 25.6 Å². The van der Waals surface area contributed by atoms with Crippen molar-refractivity contribution in [2.24, 2.45) is 0 Å². The molecule has 0 unspecified atom stereocenters. The monoisotopic (exact) mass is 438 g/mol. The lowest BCUT2D eigenvalue weighted by Gasteiger charge is -2.12. The van der Waals surface area contributed by atoms with E-state index in [9.17, 15) is 14.0 Å². The van der Waals surface area contributed by atoms with E-state index in [1.807, 2.05) is 0 Å². The minimum Gasteiger partial charge on any atom is -0.497 e. The normalized spacial score (nSPS) is 10.8. The second kappa shape index (κ2) is 8.88. The van der Waals surface area contributed by atoms with Crippen molar-refractivity contribution in [2.45, 2.75) is 13.2 Å². The van der Waals surface area contributed by atoms with Crippen LogP contribution in [0.2, 0.25) is 0 Å². The molecule has 32 heavy (non-hydrogen) atoms. The number of carbonyl (C=O) groups excluding carboxylic acids is 1. The fraction of sp³-hybridized carbons (Fsp3) is 0.182. The summed E-state index contributed by atoms with van der Waals surface area (Å²) in [6.45, 7) is 0.276. The van der Waals surface area contributed by atoms with E-state index in [1.54, 1.807) is 48.1 Å². The van der Waals surface area contributed by atoms with Gasteiger partial charge in [-0.25, -0.2) is 19.2 Å². The number of esters is 1. The van der Waals surface area contributed by atoms with Crippen LogP contribution in [0.4, 0.5) is 4.39 Å². The van der Waals surface area contributed by atoms with Crippen LogP contribution in [0.1, 0.15) is 21.7 Å². The number of nitrogens with zero attached hydrogens (tertiary/aromatic N) is 4. The number of carbonyl (C=O) groups is 1. The minimum atomic E-state index is -0.840. The van der Waals surface area contributed by atoms with Crippen molar-refractivity contribution < 1.29 is 23.5 Å². The van der Waals surface area contributed by atoms with Crippen molar-refractivity contribution in [3.63, 3.8) is 0 Å². The van der Waals surface area contributed by atoms with Gasteiger partial charge in [-0.2, -0.15) is 0 Å². The van der Waals surface area contributed by atoms with Gasteiger partial charge in [-0.1, -0.05) is 24.3 Å². The molecule has 4 rings (SSSR count). The Labute approximate surface area is 181 Å². The zero-order chi connectivity index (χ0) is 22.7. The molecular weight excluding hydrogens is 419 g/mol. The molecule has 0 saturated carbocycles. The Morgan fingerprint density at radius 3 is 2.38 bits per heavy atom. The standard InChI is InChI=1S/C22H19FN4O5/c1-30-17-9-5-15(6-10-17)12-32-27-20(22(29)31-2)25-19-18(21(27)28)24-13-26(19)11-14-3-7-16(23)8-4-14/h3-10,13H,11-12H2,1-2H3. The fourth-order valence-corrected chi connectivity index (χ4v) is 3.08. The topological polar surface area (TPSA) is 97.5 Å². The molecule has 2 aromatic carbocycles. The summed E-state index contributed by atoms with van der Waals surface area (Å²) in [5.41, 5.74) is 1.07. The molecule has 0 amide bonds. The molecule has 0 saturated heterocycles. The molecule has 0 atom stereocenters. The number of hydrogen-bond acceptors (Lipinski definition) is 7. The highest BCUT2D eigenvalue weighted by molar-refractivity contribution is 5.87. The third-order valence-electron chi connectivity index (χ3n) is 4.75. The molecule has 2 heterocycles. The van der Waals surface area contributed by atoms with E-state index in [0.717, 1.165) is 15.9 Å². The predicted molar refractivity (Wildman–Crippen MR) is 112 cm³/mol. The summed E-state index contributed by atoms with van der Waals surface area (Å²) in [4.78, 5) is 39.4. The average molecular weight is 438 g/mol. The molecule has 0 N–H and O–H groups in total. The van der Waals surface area contributed by atoms with E-state index >= 15 is 0 Å². The maximum atomic E-state index is 13.2. The van der Waals surface area contributed by atoms with Crippen LogP contribution in [0.3, 0.4) is 0 Å². The zero-order valence-electron chi connectivity index (χ0n) is 17.3. The highest BCUT2D eigenvalue weighted by atomic mass is 19.1. The van der Waals surface area contributed by atoms with Crippen LogP contribution in [0.15, 0.2) is 59.7 Å². The van der Waals surface area contributed by atoms with Gasteiger partial charge in [0.15, 0.2) is 11.2 Å². The molecule has 10 heteroatoms. The molecule has 0 aliphatic carbocycles. The number of rotatable bonds is 7. The number of aromatic nitrogens is 4. The van der Waals surface area contributed by atoms with Gasteiger partial charge in [-0.3, -0.25) is 4.79 Å². The first kappa shape index (κ1) is 21.0. The van der Waals surface area contributed by atoms with Gasteiger partial charge in [0.2, 0.25) is 0 Å². The van der Waals surface area contributed by atoms with Crippen LogP contribution in [0, 0.1) is 5.82 Å². The Balaban J connectivity index is 1.70. The van der Waals surface area contributed by atoms with Crippen molar-refractivity contribution in [3.8, 4) is 5.75 Å². The number of methoxy groups -OCH3 is 2. The van der Waals surface area contributed by atoms with Gasteiger partial charge in [0.05, 0.1) is 27.1 Å². The molecule has 0 radical (unpaired) electrons. The molecule has 9 nitrogen and oxygen atoms in total. The summed E-state index contributed by atoms with van der Waals surface area (Å²) in [6.07, 6.45) is 1.43. The van der Waals surface area contributed by atoms with Crippen LogP contribution >= 0.6 is 0 Å². The predicted octanol–water partition coefficient (Wildman–Crippen LogP) is 2.20. The highest BCUT2D eigenvalue weighted by Crippen LogP contribution is 2.14. The van der Waals surface area contributed by atoms with Gasteiger partial charge in [0, 0.05) is 0 Å². The third-order valence-corrected chi connectivity index (χ3v) is 4.75. The van der Waals surface area contributed by atoms with Crippen molar-refractivity contribution in [2.75, 3.05) is 14.2 Å². The van der Waals surface area contributed by atoms with Crippen LogP contribution in [-0.2, 0) is 17.9 Å². The van der Waals surface area contributed by atoms with Gasteiger partial charge >= 0.3 is 11.5 Å². The SMILES string of the molecule is COC(=O)c1nc2c(ncn2Cc2ccc(F)cc2)c(=O)n1OCc1ccc(OC)cc1. The largest absolute Gasteiger partial charge is 0.497 e. The minimum absolute atomic E-state index is 0.00261. The Kier molecular flexibility index (Phi) is 5.84. The number of fused-ring (bicyclic) bond motifs is 1. The van der Waals surface area contributed by atoms with Gasteiger partial charge < -0.3 is 18.9 Å². The molecule has 0 fully saturated rings. The number of halogens is 1. The Morgan fingerprint density at radius 1 is 1.03 bits per heavy atom. The summed E-state index contributed by atoms with van der Waals surface area (Å²) in [5.74, 6) is -0.837. The highest BCUT2D eigenvalue weighted by Gasteiger charge is 2.22. The molecule has 0 aliphatic rings. The first-order valence-corrected chi connectivity index (χ1v) is 9.57. The van der Waals surface area contributed by atoms with Crippen molar-refractivity contribution in [1.82, 2.24) is 19.3 Å². The Morgan fingerprint density at radius 2 is 1.72 bits per heavy atom. The number of ether oxygens (including phenoxy) is 2. The van der Waals surface area contributed by atoms with Gasteiger partial charge in [-0.15, -0.1) is 4.73 Å². The van der Waals surface area contributed by atoms with Crippen molar-refractivity contribution >= 4 is 17.1 Å². The molecule has 0 spiro atoms. The third kappa shape index (κ3) is 4.15. The molecule has 0 bridgehead atoms. The number of benzene rings is 2. The summed E-state index contributed by atoms with van der Waals surface area (Å²) in [5, 5.41) is 0. The van der Waals surface area contributed by atoms with Crippen LogP contribution in [-0.4, -0.2) is 39.5 Å². The second-order valence-corrected chi connectivity index (χ2v) is 6.82. The summed E-state index contributed by atoms with van der Waals surface area (Å²) < 4.78 is 25.5. The maximum absolute atomic E-state index is 13.2. The van der Waals surface area contributed by atoms with E-state index in [2.05, 4.69) is 9.97 Å². The van der Waals surface area contributed by atoms with E-state index < -0.39 is 11.5 Å². The first-order chi connectivity index (χ1) is 15.5. The lowest BCUT2D eigenvalue weighted by Crippen LogP contribution is -2.33. The number of imidazole rings is 1. The Bertz CT molecular complexity index is 1310. The zero-order valence-corrected chi connectivity index (χ0v) is 17.3. The second-order valence-electron chi connectivity index (χ2n) is 6.82. The van der Waals surface area contributed by atoms with Crippen molar-refractivity contribution in [1.29, 1.82) is 0 Å². The first-order valence-electron chi connectivity index (χ1n) is 9.57. The summed E-state index contributed by atoms with van der Waals surface area (Å²) in [6, 6.07) is 12.9. The van der Waals surface area contributed by atoms with Crippen molar-refractivity contribution in [3.05, 3.63) is 88.0 Å². The molecule has 4 aromatic rings. The average Bonchev–Trinajstić information content (AvgIpc) is 3.22. The lowest BCUT2D eigenvalue weighted by molar-refractivity contribution is 0.0443. The molecule has 2 aromatic heterocycles. The summed E-state index contributed by atoms with van der Waals surface area (Å²) in [7, 11) is 2.74. The van der Waals surface area contributed by atoms with Gasteiger partial charge in [0.1, 0.15) is 18.2 Å². The molecule has 0 aliphatic heterocycles. The summed E-state index contributed by atoms with van der Waals surface area (Å²) >= 11 is 0. The quantitative estimate of drug-likeness (QED) is 0.408. The maximum Gasteiger partial charge on any atom is 0.377 e. The smallest absolute Gasteiger partial charge is 0.377 e.